The van der Waals surface area contributed by atoms with E-state index >= 15 is 0 Å². The minimum atomic E-state index is 0.0935. The van der Waals surface area contributed by atoms with E-state index in [2.05, 4.69) is 43.1 Å². The second kappa shape index (κ2) is 8.43. The summed E-state index contributed by atoms with van der Waals surface area (Å²) in [6.07, 6.45) is 2.95. The lowest BCUT2D eigenvalue weighted by molar-refractivity contribution is 0.0962. The van der Waals surface area contributed by atoms with Gasteiger partial charge in [-0.15, -0.1) is 5.10 Å². The molecule has 2 aromatic heterocycles. The Morgan fingerprint density at radius 1 is 1.10 bits per heavy atom. The molecule has 156 valence electrons. The normalized spacial score (nSPS) is 15.8. The molecular weight excluding hydrogens is 476 g/mol. The number of aromatic nitrogens is 4. The highest BCUT2D eigenvalue weighted by Gasteiger charge is 2.28. The molecule has 6 nitrogen and oxygen atoms in total. The Hall–Kier alpha value is -2.71. The van der Waals surface area contributed by atoms with Crippen LogP contribution in [0.1, 0.15) is 39.5 Å². The molecule has 1 atom stereocenters. The van der Waals surface area contributed by atoms with Crippen molar-refractivity contribution in [3.8, 4) is 5.75 Å². The van der Waals surface area contributed by atoms with Crippen molar-refractivity contribution in [1.82, 2.24) is 19.6 Å². The molecule has 0 saturated heterocycles. The number of fused-ring (bicyclic) bond motifs is 2. The first-order valence-electron chi connectivity index (χ1n) is 9.90. The lowest BCUT2D eigenvalue weighted by atomic mass is 9.82. The van der Waals surface area contributed by atoms with E-state index in [1.54, 1.807) is 29.6 Å². The summed E-state index contributed by atoms with van der Waals surface area (Å²) in [6, 6.07) is 16.1. The van der Waals surface area contributed by atoms with E-state index in [1.807, 2.05) is 36.4 Å². The molecule has 31 heavy (non-hydrogen) atoms. The Morgan fingerprint density at radius 3 is 2.61 bits per heavy atom. The zero-order chi connectivity index (χ0) is 21.4. The minimum absolute atomic E-state index is 0.0935. The van der Waals surface area contributed by atoms with Gasteiger partial charge in [0.05, 0.1) is 18.4 Å². The molecule has 0 fully saturated rings. The van der Waals surface area contributed by atoms with E-state index in [9.17, 15) is 4.79 Å². The number of hydrogen-bond acceptors (Lipinski definition) is 6. The summed E-state index contributed by atoms with van der Waals surface area (Å²) in [4.78, 5) is 22.1. The van der Waals surface area contributed by atoms with Crippen molar-refractivity contribution in [3.63, 3.8) is 0 Å². The summed E-state index contributed by atoms with van der Waals surface area (Å²) < 4.78 is 7.91. The largest absolute Gasteiger partial charge is 0.497 e. The van der Waals surface area contributed by atoms with Gasteiger partial charge >= 0.3 is 0 Å². The average Bonchev–Trinajstić information content (AvgIpc) is 3.19. The molecule has 2 aromatic carbocycles. The third-order valence-corrected chi connectivity index (χ3v) is 6.87. The molecule has 0 N–H and O–H groups in total. The maximum absolute atomic E-state index is 12.8. The van der Waals surface area contributed by atoms with Crippen LogP contribution < -0.4 is 4.74 Å². The lowest BCUT2D eigenvalue weighted by Crippen LogP contribution is -2.21. The number of methoxy groups -OCH3 is 1. The Balaban J connectivity index is 1.38. The van der Waals surface area contributed by atoms with E-state index in [1.165, 1.54) is 5.56 Å². The Bertz CT molecular complexity index is 1260. The van der Waals surface area contributed by atoms with Crippen molar-refractivity contribution >= 4 is 39.3 Å². The summed E-state index contributed by atoms with van der Waals surface area (Å²) in [6.45, 7) is 0. The zero-order valence-corrected chi connectivity index (χ0v) is 19.2. The molecule has 1 aliphatic carbocycles. The highest BCUT2D eigenvalue weighted by molar-refractivity contribution is 9.10. The number of rotatable bonds is 5. The van der Waals surface area contributed by atoms with E-state index in [0.29, 0.717) is 29.3 Å². The van der Waals surface area contributed by atoms with Crippen LogP contribution in [0.15, 0.2) is 64.4 Å². The first-order chi connectivity index (χ1) is 15.1. The summed E-state index contributed by atoms with van der Waals surface area (Å²) in [5.74, 6) is 2.30. The standard InChI is InChI=1S/C23H19BrN4O2S/c1-30-18-8-4-15(5-9-18)16-10-20-19(21(29)11-16)12-28-22(25-20)26-23(27-28)31-13-14-2-6-17(24)7-3-14/h2-9,12,16H,10-11,13H2,1H3/t16-/m1/s1. The van der Waals surface area contributed by atoms with Crippen molar-refractivity contribution in [2.75, 3.05) is 7.11 Å². The molecule has 5 rings (SSSR count). The van der Waals surface area contributed by atoms with E-state index in [-0.39, 0.29) is 11.7 Å². The predicted octanol–water partition coefficient (Wildman–Crippen LogP) is 5.10. The number of carbonyl (C=O) groups is 1. The lowest BCUT2D eigenvalue weighted by Gasteiger charge is -2.23. The zero-order valence-electron chi connectivity index (χ0n) is 16.8. The Labute approximate surface area is 192 Å². The molecule has 0 bridgehead atoms. The van der Waals surface area contributed by atoms with Crippen LogP contribution in [0.3, 0.4) is 0 Å². The maximum atomic E-state index is 12.8. The number of ether oxygens (including phenoxy) is 1. The van der Waals surface area contributed by atoms with Crippen LogP contribution >= 0.6 is 27.7 Å². The van der Waals surface area contributed by atoms with Gasteiger partial charge in [-0.3, -0.25) is 4.79 Å². The van der Waals surface area contributed by atoms with E-state index in [4.69, 9.17) is 4.74 Å². The van der Waals surface area contributed by atoms with Crippen molar-refractivity contribution in [3.05, 3.63) is 81.6 Å². The first kappa shape index (κ1) is 20.2. The first-order valence-corrected chi connectivity index (χ1v) is 11.7. The van der Waals surface area contributed by atoms with Gasteiger partial charge in [-0.05, 0) is 47.7 Å². The predicted molar refractivity (Wildman–Crippen MR) is 123 cm³/mol. The van der Waals surface area contributed by atoms with Gasteiger partial charge in [-0.25, -0.2) is 9.50 Å². The van der Waals surface area contributed by atoms with Crippen LogP contribution in [0.2, 0.25) is 0 Å². The van der Waals surface area contributed by atoms with Gasteiger partial charge in [0.15, 0.2) is 5.78 Å². The molecule has 1 aliphatic rings. The summed E-state index contributed by atoms with van der Waals surface area (Å²) in [5.41, 5.74) is 3.75. The van der Waals surface area contributed by atoms with Crippen molar-refractivity contribution in [2.45, 2.75) is 29.7 Å². The highest BCUT2D eigenvalue weighted by atomic mass is 79.9. The minimum Gasteiger partial charge on any atom is -0.497 e. The molecule has 0 unspecified atom stereocenters. The monoisotopic (exact) mass is 494 g/mol. The van der Waals surface area contributed by atoms with Gasteiger partial charge in [-0.1, -0.05) is 52.0 Å². The topological polar surface area (TPSA) is 69.4 Å². The Kier molecular flexibility index (Phi) is 5.50. The van der Waals surface area contributed by atoms with E-state index < -0.39 is 0 Å². The highest BCUT2D eigenvalue weighted by Crippen LogP contribution is 2.33. The smallest absolute Gasteiger partial charge is 0.253 e. The summed E-state index contributed by atoms with van der Waals surface area (Å²) >= 11 is 5.01. The third-order valence-electron chi connectivity index (χ3n) is 5.43. The fourth-order valence-corrected chi connectivity index (χ4v) is 4.81. The Morgan fingerprint density at radius 2 is 1.87 bits per heavy atom. The van der Waals surface area contributed by atoms with Gasteiger partial charge < -0.3 is 4.74 Å². The number of carbonyl (C=O) groups excluding carboxylic acids is 1. The van der Waals surface area contributed by atoms with E-state index in [0.717, 1.165) is 27.2 Å². The van der Waals surface area contributed by atoms with Gasteiger partial charge in [0.25, 0.3) is 5.78 Å². The second-order valence-electron chi connectivity index (χ2n) is 7.46. The molecule has 0 amide bonds. The summed E-state index contributed by atoms with van der Waals surface area (Å²) in [7, 11) is 1.65. The molecule has 0 aliphatic heterocycles. The number of Topliss-reactive ketones (excluding diaryl/α,β-unsaturated/α-hetero) is 1. The molecule has 0 spiro atoms. The third kappa shape index (κ3) is 4.22. The number of benzene rings is 2. The quantitative estimate of drug-likeness (QED) is 0.359. The SMILES string of the molecule is COc1ccc([C@H]2CC(=O)c3cn4nc(SCc5ccc(Br)cc5)nc4nc3C2)cc1. The number of thioether (sulfide) groups is 1. The average molecular weight is 495 g/mol. The van der Waals surface area contributed by atoms with Crippen LogP contribution in [-0.2, 0) is 12.2 Å². The number of nitrogens with zero attached hydrogens (tertiary/aromatic N) is 4. The molecule has 2 heterocycles. The molecule has 4 aromatic rings. The van der Waals surface area contributed by atoms with Crippen molar-refractivity contribution in [2.24, 2.45) is 0 Å². The van der Waals surface area contributed by atoms with Gasteiger partial charge in [0, 0.05) is 22.8 Å². The van der Waals surface area contributed by atoms with Crippen LogP contribution in [0.4, 0.5) is 0 Å². The van der Waals surface area contributed by atoms with Crippen LogP contribution in [-0.4, -0.2) is 32.5 Å². The van der Waals surface area contributed by atoms with Gasteiger partial charge in [0.2, 0.25) is 5.16 Å². The molecule has 0 saturated carbocycles. The second-order valence-corrected chi connectivity index (χ2v) is 9.32. The number of hydrogen-bond donors (Lipinski definition) is 0. The number of halogens is 1. The maximum Gasteiger partial charge on any atom is 0.253 e. The fraction of sp³-hybridized carbons (Fsp3) is 0.217. The van der Waals surface area contributed by atoms with Crippen LogP contribution in [0.25, 0.3) is 5.78 Å². The van der Waals surface area contributed by atoms with Gasteiger partial charge in [0.1, 0.15) is 5.75 Å². The molecule has 8 heteroatoms. The molecular formula is C23H19BrN4O2S. The number of ketones is 1. The van der Waals surface area contributed by atoms with Crippen molar-refractivity contribution in [1.29, 1.82) is 0 Å². The fourth-order valence-electron chi connectivity index (χ4n) is 3.77. The van der Waals surface area contributed by atoms with Gasteiger partial charge in [-0.2, -0.15) is 4.98 Å². The van der Waals surface area contributed by atoms with Crippen LogP contribution in [0.5, 0.6) is 5.75 Å². The summed E-state index contributed by atoms with van der Waals surface area (Å²) in [5, 5.41) is 5.16. The van der Waals surface area contributed by atoms with Crippen LogP contribution in [0, 0.1) is 0 Å². The van der Waals surface area contributed by atoms with Crippen molar-refractivity contribution < 1.29 is 9.53 Å². The molecule has 0 radical (unpaired) electrons.